The van der Waals surface area contributed by atoms with Gasteiger partial charge in [-0.15, -0.1) is 0 Å². The molecule has 0 aromatic carbocycles. The Kier molecular flexibility index (Phi) is 3.45. The summed E-state index contributed by atoms with van der Waals surface area (Å²) in [7, 11) is 0. The van der Waals surface area contributed by atoms with Crippen molar-refractivity contribution in [2.24, 2.45) is 0 Å². The first kappa shape index (κ1) is 15.0. The topological polar surface area (TPSA) is 91.1 Å². The van der Waals surface area contributed by atoms with E-state index in [0.29, 0.717) is 5.82 Å². The molecule has 4 heterocycles. The van der Waals surface area contributed by atoms with Crippen LogP contribution < -0.4 is 21.7 Å². The van der Waals surface area contributed by atoms with Gasteiger partial charge in [-0.2, -0.15) is 0 Å². The lowest BCUT2D eigenvalue weighted by Gasteiger charge is -2.44. The Labute approximate surface area is 141 Å². The van der Waals surface area contributed by atoms with Crippen LogP contribution in [0.25, 0.3) is 0 Å². The minimum atomic E-state index is -0.0250. The molecule has 3 aliphatic heterocycles. The SMILES string of the molecule is CC1=CC(Nc2ncnc(N)c2C)=CN2C1=CNC21CCNCC1. The molecular formula is C17H23N7. The molecule has 1 spiro atoms. The van der Waals surface area contributed by atoms with Crippen molar-refractivity contribution in [2.75, 3.05) is 24.1 Å². The van der Waals surface area contributed by atoms with Gasteiger partial charge in [-0.1, -0.05) is 0 Å². The van der Waals surface area contributed by atoms with Crippen LogP contribution >= 0.6 is 0 Å². The second kappa shape index (κ2) is 5.52. The number of allylic oxidation sites excluding steroid dienone is 2. The van der Waals surface area contributed by atoms with Crippen LogP contribution in [-0.4, -0.2) is 33.6 Å². The van der Waals surface area contributed by atoms with E-state index in [9.17, 15) is 0 Å². The van der Waals surface area contributed by atoms with Gasteiger partial charge in [0.15, 0.2) is 0 Å². The third-order valence-corrected chi connectivity index (χ3v) is 5.06. The summed E-state index contributed by atoms with van der Waals surface area (Å²) in [4.78, 5) is 10.7. The average molecular weight is 325 g/mol. The molecule has 0 radical (unpaired) electrons. The number of hydrogen-bond acceptors (Lipinski definition) is 7. The first-order valence-corrected chi connectivity index (χ1v) is 8.32. The van der Waals surface area contributed by atoms with Gasteiger partial charge < -0.3 is 26.6 Å². The highest BCUT2D eigenvalue weighted by molar-refractivity contribution is 5.59. The predicted molar refractivity (Wildman–Crippen MR) is 94.5 cm³/mol. The molecule has 4 rings (SSSR count). The Morgan fingerprint density at radius 2 is 2.04 bits per heavy atom. The van der Waals surface area contributed by atoms with Crippen LogP contribution in [0.3, 0.4) is 0 Å². The molecule has 1 saturated heterocycles. The molecule has 0 atom stereocenters. The molecule has 24 heavy (non-hydrogen) atoms. The lowest BCUT2D eigenvalue weighted by Crippen LogP contribution is -2.56. The first-order valence-electron chi connectivity index (χ1n) is 8.32. The van der Waals surface area contributed by atoms with E-state index in [1.165, 1.54) is 17.6 Å². The Hall–Kier alpha value is -2.54. The molecule has 0 amide bonds. The summed E-state index contributed by atoms with van der Waals surface area (Å²) >= 11 is 0. The Balaban J connectivity index is 1.65. The van der Waals surface area contributed by atoms with Gasteiger partial charge in [0.1, 0.15) is 23.6 Å². The van der Waals surface area contributed by atoms with Crippen LogP contribution in [0, 0.1) is 6.92 Å². The van der Waals surface area contributed by atoms with Gasteiger partial charge in [0, 0.05) is 30.8 Å². The standard InChI is InChI=1S/C17H23N7/c1-11-7-13(23-16-12(2)15(18)20-10-21-16)9-24-14(11)8-22-17(24)3-5-19-6-4-17/h7-10,19,22H,3-6H2,1-2H3,(H3,18,20,21,23). The summed E-state index contributed by atoms with van der Waals surface area (Å²) in [5.74, 6) is 1.25. The highest BCUT2D eigenvalue weighted by Gasteiger charge is 2.42. The molecule has 7 heteroatoms. The Bertz CT molecular complexity index is 756. The maximum absolute atomic E-state index is 5.89. The highest BCUT2D eigenvalue weighted by atomic mass is 15.4. The van der Waals surface area contributed by atoms with Crippen molar-refractivity contribution >= 4 is 11.6 Å². The van der Waals surface area contributed by atoms with Gasteiger partial charge in [0.05, 0.1) is 11.4 Å². The lowest BCUT2D eigenvalue weighted by atomic mass is 9.95. The van der Waals surface area contributed by atoms with Crippen molar-refractivity contribution in [3.8, 4) is 0 Å². The summed E-state index contributed by atoms with van der Waals surface area (Å²) in [6.45, 7) is 6.10. The minimum absolute atomic E-state index is 0.0250. The smallest absolute Gasteiger partial charge is 0.138 e. The molecule has 7 nitrogen and oxygen atoms in total. The van der Waals surface area contributed by atoms with E-state index in [-0.39, 0.29) is 5.66 Å². The van der Waals surface area contributed by atoms with Gasteiger partial charge in [0.25, 0.3) is 0 Å². The third kappa shape index (κ3) is 2.32. The molecule has 1 fully saturated rings. The molecule has 1 aromatic heterocycles. The molecule has 5 N–H and O–H groups in total. The first-order chi connectivity index (χ1) is 11.6. The fourth-order valence-corrected chi connectivity index (χ4v) is 3.57. The van der Waals surface area contributed by atoms with E-state index in [2.05, 4.69) is 56.2 Å². The van der Waals surface area contributed by atoms with Crippen molar-refractivity contribution in [1.82, 2.24) is 25.5 Å². The average Bonchev–Trinajstić information content (AvgIpc) is 2.92. The van der Waals surface area contributed by atoms with Crippen LogP contribution in [-0.2, 0) is 0 Å². The van der Waals surface area contributed by atoms with Crippen LogP contribution in [0.4, 0.5) is 11.6 Å². The molecule has 126 valence electrons. The fraction of sp³-hybridized carbons (Fsp3) is 0.412. The monoisotopic (exact) mass is 325 g/mol. The van der Waals surface area contributed by atoms with Gasteiger partial charge in [-0.05, 0) is 38.6 Å². The molecular weight excluding hydrogens is 302 g/mol. The molecule has 0 unspecified atom stereocenters. The summed E-state index contributed by atoms with van der Waals surface area (Å²) in [5, 5.41) is 10.4. The number of nitrogen functional groups attached to an aromatic ring is 1. The second-order valence-corrected chi connectivity index (χ2v) is 6.59. The molecule has 0 saturated carbocycles. The van der Waals surface area contributed by atoms with E-state index in [0.717, 1.165) is 43.0 Å². The number of fused-ring (bicyclic) bond motifs is 2. The van der Waals surface area contributed by atoms with Crippen LogP contribution in [0.5, 0.6) is 0 Å². The van der Waals surface area contributed by atoms with Crippen molar-refractivity contribution in [2.45, 2.75) is 32.4 Å². The summed E-state index contributed by atoms with van der Waals surface area (Å²) in [6.07, 6.45) is 10.1. The Morgan fingerprint density at radius 3 is 2.83 bits per heavy atom. The largest absolute Gasteiger partial charge is 0.383 e. The van der Waals surface area contributed by atoms with Gasteiger partial charge in [-0.25, -0.2) is 9.97 Å². The van der Waals surface area contributed by atoms with Crippen molar-refractivity contribution in [3.63, 3.8) is 0 Å². The number of rotatable bonds is 2. The maximum atomic E-state index is 5.89. The zero-order valence-electron chi connectivity index (χ0n) is 14.1. The fourth-order valence-electron chi connectivity index (χ4n) is 3.57. The zero-order chi connectivity index (χ0) is 16.7. The van der Waals surface area contributed by atoms with Crippen molar-refractivity contribution < 1.29 is 0 Å². The Morgan fingerprint density at radius 1 is 1.25 bits per heavy atom. The molecule has 1 aromatic rings. The number of nitrogens with two attached hydrogens (primary N) is 1. The number of aromatic nitrogens is 2. The quantitative estimate of drug-likeness (QED) is 0.653. The van der Waals surface area contributed by atoms with Crippen LogP contribution in [0.2, 0.25) is 0 Å². The second-order valence-electron chi connectivity index (χ2n) is 6.59. The summed E-state index contributed by atoms with van der Waals surface area (Å²) in [6, 6.07) is 0. The number of hydrogen-bond donors (Lipinski definition) is 4. The summed E-state index contributed by atoms with van der Waals surface area (Å²) < 4.78 is 0. The lowest BCUT2D eigenvalue weighted by molar-refractivity contribution is 0.134. The van der Waals surface area contributed by atoms with E-state index >= 15 is 0 Å². The van der Waals surface area contributed by atoms with E-state index in [4.69, 9.17) is 5.73 Å². The van der Waals surface area contributed by atoms with Gasteiger partial charge in [-0.3, -0.25) is 0 Å². The predicted octanol–water partition coefficient (Wildman–Crippen LogP) is 1.41. The number of anilines is 2. The van der Waals surface area contributed by atoms with E-state index < -0.39 is 0 Å². The van der Waals surface area contributed by atoms with E-state index in [1.807, 2.05) is 6.92 Å². The highest BCUT2D eigenvalue weighted by Crippen LogP contribution is 2.38. The third-order valence-electron chi connectivity index (χ3n) is 5.06. The van der Waals surface area contributed by atoms with Gasteiger partial charge >= 0.3 is 0 Å². The molecule has 0 bridgehead atoms. The van der Waals surface area contributed by atoms with E-state index in [1.54, 1.807) is 0 Å². The zero-order valence-corrected chi connectivity index (χ0v) is 14.1. The minimum Gasteiger partial charge on any atom is -0.383 e. The van der Waals surface area contributed by atoms with Crippen molar-refractivity contribution in [3.05, 3.63) is 47.3 Å². The maximum Gasteiger partial charge on any atom is 0.138 e. The summed E-state index contributed by atoms with van der Waals surface area (Å²) in [5.41, 5.74) is 10.2. The number of nitrogens with one attached hydrogen (secondary N) is 3. The van der Waals surface area contributed by atoms with Crippen molar-refractivity contribution in [1.29, 1.82) is 0 Å². The number of piperidine rings is 1. The molecule has 0 aliphatic carbocycles. The normalized spacial score (nSPS) is 21.6. The van der Waals surface area contributed by atoms with Crippen LogP contribution in [0.15, 0.2) is 41.8 Å². The number of nitrogens with zero attached hydrogens (tertiary/aromatic N) is 3. The van der Waals surface area contributed by atoms with Gasteiger partial charge in [0.2, 0.25) is 0 Å². The van der Waals surface area contributed by atoms with Crippen LogP contribution in [0.1, 0.15) is 25.3 Å². The molecule has 3 aliphatic rings.